The Kier molecular flexibility index (Phi) is 4.88. The van der Waals surface area contributed by atoms with E-state index in [1.54, 1.807) is 18.2 Å². The van der Waals surface area contributed by atoms with Gasteiger partial charge in [-0.15, -0.1) is 0 Å². The quantitative estimate of drug-likeness (QED) is 0.847. The highest BCUT2D eigenvalue weighted by atomic mass is 35.5. The van der Waals surface area contributed by atoms with E-state index >= 15 is 0 Å². The lowest BCUT2D eigenvalue weighted by molar-refractivity contribution is 0.0950. The second-order valence-electron chi connectivity index (χ2n) is 4.21. The number of nitrogens with one attached hydrogen (secondary N) is 1. The maximum atomic E-state index is 12.1. The van der Waals surface area contributed by atoms with Gasteiger partial charge in [-0.2, -0.15) is 0 Å². The first-order valence-electron chi connectivity index (χ1n) is 6.03. The summed E-state index contributed by atoms with van der Waals surface area (Å²) in [6.07, 6.45) is 1.39. The molecule has 2 aromatic rings. The van der Waals surface area contributed by atoms with Crippen molar-refractivity contribution in [2.45, 2.75) is 6.54 Å². The van der Waals surface area contributed by atoms with Gasteiger partial charge in [-0.05, 0) is 18.2 Å². The molecule has 1 aromatic carbocycles. The van der Waals surface area contributed by atoms with Crippen molar-refractivity contribution in [3.8, 4) is 5.75 Å². The van der Waals surface area contributed by atoms with Gasteiger partial charge in [-0.1, -0.05) is 29.3 Å². The van der Waals surface area contributed by atoms with Crippen LogP contribution >= 0.6 is 23.2 Å². The molecule has 0 fully saturated rings. The van der Waals surface area contributed by atoms with Crippen molar-refractivity contribution in [3.05, 3.63) is 51.8 Å². The number of carbonyl (C=O) groups is 1. The van der Waals surface area contributed by atoms with Crippen LogP contribution in [0.3, 0.4) is 0 Å². The molecule has 1 amide bonds. The number of carbonyl (C=O) groups excluding carboxylic acids is 1. The third-order valence-corrected chi connectivity index (χ3v) is 3.48. The summed E-state index contributed by atoms with van der Waals surface area (Å²) in [5, 5.41) is 3.31. The fourth-order valence-corrected chi connectivity index (χ4v) is 2.21. The lowest BCUT2D eigenvalue weighted by atomic mass is 10.2. The average molecular weight is 326 g/mol. The first-order valence-corrected chi connectivity index (χ1v) is 6.79. The fraction of sp³-hybridized carbons (Fsp3) is 0.143. The smallest absolute Gasteiger partial charge is 0.254 e. The van der Waals surface area contributed by atoms with Crippen molar-refractivity contribution in [1.29, 1.82) is 0 Å². The van der Waals surface area contributed by atoms with E-state index in [9.17, 15) is 4.79 Å². The van der Waals surface area contributed by atoms with Crippen molar-refractivity contribution in [1.82, 2.24) is 10.3 Å². The lowest BCUT2D eigenvalue weighted by Crippen LogP contribution is -2.24. The molecule has 1 aromatic heterocycles. The zero-order valence-electron chi connectivity index (χ0n) is 11.2. The van der Waals surface area contributed by atoms with Crippen LogP contribution in [0.4, 0.5) is 5.69 Å². The molecule has 0 saturated carbocycles. The minimum atomic E-state index is -0.387. The molecule has 1 heterocycles. The van der Waals surface area contributed by atoms with Crippen molar-refractivity contribution in [2.75, 3.05) is 12.8 Å². The molecule has 0 saturated heterocycles. The molecular formula is C14H13Cl2N3O2. The zero-order valence-corrected chi connectivity index (χ0v) is 12.7. The van der Waals surface area contributed by atoms with Gasteiger partial charge in [0.15, 0.2) is 0 Å². The van der Waals surface area contributed by atoms with Crippen LogP contribution in [0.25, 0.3) is 0 Å². The van der Waals surface area contributed by atoms with E-state index in [2.05, 4.69) is 10.3 Å². The second kappa shape index (κ2) is 6.65. The monoisotopic (exact) mass is 325 g/mol. The van der Waals surface area contributed by atoms with Gasteiger partial charge >= 0.3 is 0 Å². The number of nitrogens with zero attached hydrogens (tertiary/aromatic N) is 1. The maximum absolute atomic E-state index is 12.1. The Morgan fingerprint density at radius 2 is 2.19 bits per heavy atom. The van der Waals surface area contributed by atoms with E-state index in [0.717, 1.165) is 0 Å². The first-order chi connectivity index (χ1) is 10.0. The Hall–Kier alpha value is -1.98. The molecule has 0 radical (unpaired) electrons. The van der Waals surface area contributed by atoms with E-state index in [4.69, 9.17) is 33.7 Å². The number of pyridine rings is 1. The number of hydrogen-bond acceptors (Lipinski definition) is 4. The second-order valence-corrected chi connectivity index (χ2v) is 4.98. The van der Waals surface area contributed by atoms with Gasteiger partial charge in [0.2, 0.25) is 0 Å². The van der Waals surface area contributed by atoms with E-state index in [1.165, 1.54) is 19.4 Å². The summed E-state index contributed by atoms with van der Waals surface area (Å²) in [4.78, 5) is 16.0. The highest BCUT2D eigenvalue weighted by Gasteiger charge is 2.14. The number of anilines is 1. The third kappa shape index (κ3) is 3.56. The van der Waals surface area contributed by atoms with Gasteiger partial charge < -0.3 is 15.8 Å². The SMILES string of the molecule is COc1cccc(Cl)c1CNC(=O)c1cc(N)cnc1Cl. The largest absolute Gasteiger partial charge is 0.496 e. The van der Waals surface area contributed by atoms with Crippen molar-refractivity contribution >= 4 is 34.8 Å². The number of nitrogen functional groups attached to an aromatic ring is 1. The number of aromatic nitrogens is 1. The Labute approximate surface area is 132 Å². The number of hydrogen-bond donors (Lipinski definition) is 2. The molecule has 5 nitrogen and oxygen atoms in total. The normalized spacial score (nSPS) is 10.2. The molecule has 3 N–H and O–H groups in total. The lowest BCUT2D eigenvalue weighted by Gasteiger charge is -2.12. The molecule has 2 rings (SSSR count). The average Bonchev–Trinajstić information content (AvgIpc) is 2.47. The van der Waals surface area contributed by atoms with Crippen molar-refractivity contribution in [3.63, 3.8) is 0 Å². The maximum Gasteiger partial charge on any atom is 0.254 e. The predicted octanol–water partition coefficient (Wildman–Crippen LogP) is 2.91. The summed E-state index contributed by atoms with van der Waals surface area (Å²) in [5.41, 5.74) is 6.86. The molecule has 0 atom stereocenters. The van der Waals surface area contributed by atoms with Gasteiger partial charge in [0.1, 0.15) is 10.9 Å². The van der Waals surface area contributed by atoms with Crippen LogP contribution in [0.2, 0.25) is 10.2 Å². The molecule has 21 heavy (non-hydrogen) atoms. The predicted molar refractivity (Wildman–Crippen MR) is 82.8 cm³/mol. The molecule has 7 heteroatoms. The number of rotatable bonds is 4. The number of benzene rings is 1. The van der Waals surface area contributed by atoms with E-state index in [-0.39, 0.29) is 23.2 Å². The van der Waals surface area contributed by atoms with Crippen LogP contribution < -0.4 is 15.8 Å². The topological polar surface area (TPSA) is 77.2 Å². The van der Waals surface area contributed by atoms with Crippen LogP contribution in [0, 0.1) is 0 Å². The molecule has 0 bridgehead atoms. The first kappa shape index (κ1) is 15.4. The number of nitrogens with two attached hydrogens (primary N) is 1. The van der Waals surface area contributed by atoms with E-state index < -0.39 is 0 Å². The van der Waals surface area contributed by atoms with E-state index in [1.807, 2.05) is 0 Å². The standard InChI is InChI=1S/C14H13Cl2N3O2/c1-21-12-4-2-3-11(15)10(12)7-19-14(20)9-5-8(17)6-18-13(9)16/h2-6H,7,17H2,1H3,(H,19,20). The number of ether oxygens (including phenoxy) is 1. The fourth-order valence-electron chi connectivity index (χ4n) is 1.79. The molecule has 0 spiro atoms. The van der Waals surface area contributed by atoms with Gasteiger partial charge in [0.05, 0.1) is 24.6 Å². The minimum absolute atomic E-state index is 0.0906. The minimum Gasteiger partial charge on any atom is -0.496 e. The highest BCUT2D eigenvalue weighted by molar-refractivity contribution is 6.33. The van der Waals surface area contributed by atoms with Crippen molar-refractivity contribution < 1.29 is 9.53 Å². The Morgan fingerprint density at radius 1 is 1.43 bits per heavy atom. The summed E-state index contributed by atoms with van der Waals surface area (Å²) in [6.45, 7) is 0.201. The van der Waals surface area contributed by atoms with Gasteiger partial charge in [0.25, 0.3) is 5.91 Å². The van der Waals surface area contributed by atoms with Gasteiger partial charge in [-0.25, -0.2) is 4.98 Å². The van der Waals surface area contributed by atoms with Crippen molar-refractivity contribution in [2.24, 2.45) is 0 Å². The van der Waals surface area contributed by atoms with E-state index in [0.29, 0.717) is 22.0 Å². The van der Waals surface area contributed by atoms with Gasteiger partial charge in [0, 0.05) is 17.1 Å². The molecule has 0 aliphatic carbocycles. The highest BCUT2D eigenvalue weighted by Crippen LogP contribution is 2.26. The summed E-state index contributed by atoms with van der Waals surface area (Å²) < 4.78 is 5.21. The molecular weight excluding hydrogens is 313 g/mol. The van der Waals surface area contributed by atoms with Crippen LogP contribution in [-0.4, -0.2) is 18.0 Å². The molecule has 110 valence electrons. The third-order valence-electron chi connectivity index (χ3n) is 2.83. The number of methoxy groups -OCH3 is 1. The molecule has 0 aliphatic heterocycles. The van der Waals surface area contributed by atoms with Crippen LogP contribution in [-0.2, 0) is 6.54 Å². The Balaban J connectivity index is 2.17. The summed E-state index contributed by atoms with van der Waals surface area (Å²) in [6, 6.07) is 6.72. The van der Waals surface area contributed by atoms with Crippen LogP contribution in [0.5, 0.6) is 5.75 Å². The summed E-state index contributed by atoms with van der Waals surface area (Å²) >= 11 is 12.0. The number of halogens is 2. The Bertz CT molecular complexity index is 677. The number of amides is 1. The van der Waals surface area contributed by atoms with Crippen LogP contribution in [0.1, 0.15) is 15.9 Å². The van der Waals surface area contributed by atoms with Gasteiger partial charge in [-0.3, -0.25) is 4.79 Å². The van der Waals surface area contributed by atoms with Crippen LogP contribution in [0.15, 0.2) is 30.5 Å². The molecule has 0 aliphatic rings. The summed E-state index contributed by atoms with van der Waals surface area (Å²) in [7, 11) is 1.54. The zero-order chi connectivity index (χ0) is 15.4. The summed E-state index contributed by atoms with van der Waals surface area (Å²) in [5.74, 6) is 0.210. The molecule has 0 unspecified atom stereocenters. The Morgan fingerprint density at radius 3 is 2.90 bits per heavy atom.